The molecule has 1 unspecified atom stereocenters. The van der Waals surface area contributed by atoms with Crippen LogP contribution in [-0.4, -0.2) is 26.4 Å². The van der Waals surface area contributed by atoms with Crippen molar-refractivity contribution < 1.29 is 0 Å². The van der Waals surface area contributed by atoms with Gasteiger partial charge in [0.25, 0.3) is 0 Å². The average Bonchev–Trinajstić information content (AvgIpc) is 3.03. The van der Waals surface area contributed by atoms with Crippen LogP contribution in [0.5, 0.6) is 0 Å². The van der Waals surface area contributed by atoms with Crippen LogP contribution in [0.2, 0.25) is 5.02 Å². The lowest BCUT2D eigenvalue weighted by Crippen LogP contribution is -2.21. The van der Waals surface area contributed by atoms with Gasteiger partial charge in [0.2, 0.25) is 0 Å². The van der Waals surface area contributed by atoms with Gasteiger partial charge in [-0.25, -0.2) is 0 Å². The van der Waals surface area contributed by atoms with E-state index in [1.54, 1.807) is 0 Å². The van der Waals surface area contributed by atoms with Crippen LogP contribution in [0.4, 0.5) is 0 Å². The van der Waals surface area contributed by atoms with E-state index in [-0.39, 0.29) is 6.04 Å². The Morgan fingerprint density at radius 3 is 2.67 bits per heavy atom. The quantitative estimate of drug-likeness (QED) is 0.884. The minimum atomic E-state index is 0.154. The van der Waals surface area contributed by atoms with E-state index < -0.39 is 0 Å². The van der Waals surface area contributed by atoms with Crippen LogP contribution in [0, 0.1) is 6.92 Å². The fraction of sp³-hybridized carbons (Fsp3) is 0.643. The summed E-state index contributed by atoms with van der Waals surface area (Å²) < 4.78 is 6.10. The molecule has 0 fully saturated rings. The van der Waals surface area contributed by atoms with Gasteiger partial charge in [-0.2, -0.15) is 5.10 Å². The van der Waals surface area contributed by atoms with Crippen LogP contribution in [0.25, 0.3) is 0 Å². The SMILES string of the molecule is CCn1nc(C)c(Cl)c1CC(NC)c1snnc1C(C)C. The minimum absolute atomic E-state index is 0.154. The van der Waals surface area contributed by atoms with Crippen LogP contribution >= 0.6 is 23.1 Å². The van der Waals surface area contributed by atoms with Crippen molar-refractivity contribution in [2.24, 2.45) is 0 Å². The zero-order chi connectivity index (χ0) is 15.6. The molecule has 5 nitrogen and oxygen atoms in total. The third-order valence-electron chi connectivity index (χ3n) is 3.60. The monoisotopic (exact) mass is 327 g/mol. The lowest BCUT2D eigenvalue weighted by molar-refractivity contribution is 0.541. The predicted octanol–water partition coefficient (Wildman–Crippen LogP) is 3.34. The second kappa shape index (κ2) is 6.85. The molecule has 7 heteroatoms. The van der Waals surface area contributed by atoms with Gasteiger partial charge < -0.3 is 5.32 Å². The maximum absolute atomic E-state index is 6.42. The molecule has 116 valence electrons. The van der Waals surface area contributed by atoms with Crippen molar-refractivity contribution in [1.82, 2.24) is 24.7 Å². The first kappa shape index (κ1) is 16.4. The summed E-state index contributed by atoms with van der Waals surface area (Å²) in [7, 11) is 1.96. The molecule has 0 radical (unpaired) electrons. The van der Waals surface area contributed by atoms with Gasteiger partial charge in [0.15, 0.2) is 0 Å². The molecule has 21 heavy (non-hydrogen) atoms. The van der Waals surface area contributed by atoms with Crippen molar-refractivity contribution in [2.45, 2.75) is 52.6 Å². The van der Waals surface area contributed by atoms with Gasteiger partial charge >= 0.3 is 0 Å². The molecule has 0 aromatic carbocycles. The highest BCUT2D eigenvalue weighted by atomic mass is 35.5. The van der Waals surface area contributed by atoms with Gasteiger partial charge in [-0.3, -0.25) is 4.68 Å². The Morgan fingerprint density at radius 1 is 1.38 bits per heavy atom. The molecule has 2 aromatic rings. The maximum atomic E-state index is 6.42. The van der Waals surface area contributed by atoms with Crippen molar-refractivity contribution in [3.05, 3.63) is 27.0 Å². The fourth-order valence-electron chi connectivity index (χ4n) is 2.43. The van der Waals surface area contributed by atoms with E-state index in [0.29, 0.717) is 5.92 Å². The molecular formula is C14H22ClN5S. The summed E-state index contributed by atoms with van der Waals surface area (Å²) in [5.74, 6) is 0.364. The zero-order valence-electron chi connectivity index (χ0n) is 13.1. The molecule has 0 amide bonds. The first-order valence-corrected chi connectivity index (χ1v) is 8.35. The second-order valence-corrected chi connectivity index (χ2v) is 6.55. The van der Waals surface area contributed by atoms with Crippen LogP contribution in [0.3, 0.4) is 0 Å². The van der Waals surface area contributed by atoms with E-state index in [1.807, 2.05) is 18.7 Å². The zero-order valence-corrected chi connectivity index (χ0v) is 14.7. The molecule has 2 aromatic heterocycles. The molecule has 0 aliphatic heterocycles. The van der Waals surface area contributed by atoms with E-state index in [0.717, 1.165) is 35.1 Å². The summed E-state index contributed by atoms with van der Waals surface area (Å²) in [5, 5.41) is 12.9. The Balaban J connectivity index is 2.34. The van der Waals surface area contributed by atoms with Crippen LogP contribution in [0.15, 0.2) is 0 Å². The number of likely N-dealkylation sites (N-methyl/N-ethyl adjacent to an activating group) is 1. The predicted molar refractivity (Wildman–Crippen MR) is 87.2 cm³/mol. The summed E-state index contributed by atoms with van der Waals surface area (Å²) >= 11 is 7.88. The van der Waals surface area contributed by atoms with Gasteiger partial charge in [-0.05, 0) is 38.3 Å². The normalized spacial score (nSPS) is 13.1. The van der Waals surface area contributed by atoms with Crippen LogP contribution in [-0.2, 0) is 13.0 Å². The summed E-state index contributed by atoms with van der Waals surface area (Å²) in [6.07, 6.45) is 0.785. The van der Waals surface area contributed by atoms with Gasteiger partial charge in [-0.1, -0.05) is 29.9 Å². The first-order chi connectivity index (χ1) is 9.99. The molecular weight excluding hydrogens is 306 g/mol. The Labute approximate surface area is 134 Å². The standard InChI is InChI=1S/C14H22ClN5S/c1-6-20-11(12(15)9(4)18-20)7-10(16-5)14-13(8(2)3)17-19-21-14/h8,10,16H,6-7H2,1-5H3. The highest BCUT2D eigenvalue weighted by molar-refractivity contribution is 7.05. The molecule has 0 aliphatic rings. The summed E-state index contributed by atoms with van der Waals surface area (Å²) in [6, 6.07) is 0.154. The van der Waals surface area contributed by atoms with E-state index in [2.05, 4.69) is 40.8 Å². The lowest BCUT2D eigenvalue weighted by Gasteiger charge is -2.17. The van der Waals surface area contributed by atoms with Gasteiger partial charge in [0.05, 0.1) is 33.0 Å². The van der Waals surface area contributed by atoms with Crippen LogP contribution in [0.1, 0.15) is 54.7 Å². The topological polar surface area (TPSA) is 55.6 Å². The largest absolute Gasteiger partial charge is 0.312 e. The van der Waals surface area contributed by atoms with E-state index in [1.165, 1.54) is 16.4 Å². The number of hydrogen-bond donors (Lipinski definition) is 1. The van der Waals surface area contributed by atoms with Crippen molar-refractivity contribution >= 4 is 23.1 Å². The molecule has 2 heterocycles. The number of nitrogens with one attached hydrogen (secondary N) is 1. The summed E-state index contributed by atoms with van der Waals surface area (Å²) in [5.41, 5.74) is 3.02. The van der Waals surface area contributed by atoms with Crippen molar-refractivity contribution in [1.29, 1.82) is 0 Å². The Bertz CT molecular complexity index is 605. The molecule has 1 atom stereocenters. The first-order valence-electron chi connectivity index (χ1n) is 7.20. The molecule has 2 rings (SSSR count). The number of aromatic nitrogens is 4. The third-order valence-corrected chi connectivity index (χ3v) is 4.95. The van der Waals surface area contributed by atoms with Gasteiger partial charge in [0.1, 0.15) is 0 Å². The Kier molecular flexibility index (Phi) is 5.35. The second-order valence-electron chi connectivity index (χ2n) is 5.38. The molecule has 0 aliphatic carbocycles. The van der Waals surface area contributed by atoms with Gasteiger partial charge in [0, 0.05) is 13.0 Å². The molecule has 0 saturated carbocycles. The Morgan fingerprint density at radius 2 is 2.10 bits per heavy atom. The minimum Gasteiger partial charge on any atom is -0.312 e. The highest BCUT2D eigenvalue weighted by Crippen LogP contribution is 2.31. The van der Waals surface area contributed by atoms with Crippen LogP contribution < -0.4 is 5.32 Å². The van der Waals surface area contributed by atoms with E-state index >= 15 is 0 Å². The number of rotatable bonds is 6. The highest BCUT2D eigenvalue weighted by Gasteiger charge is 2.23. The number of aryl methyl sites for hydroxylation is 2. The van der Waals surface area contributed by atoms with E-state index in [4.69, 9.17) is 11.6 Å². The number of halogens is 1. The molecule has 0 bridgehead atoms. The third kappa shape index (κ3) is 3.27. The summed E-state index contributed by atoms with van der Waals surface area (Å²) in [4.78, 5) is 1.19. The average molecular weight is 328 g/mol. The Hall–Kier alpha value is -0.980. The van der Waals surface area contributed by atoms with Gasteiger partial charge in [-0.15, -0.1) is 5.10 Å². The van der Waals surface area contributed by atoms with Crippen molar-refractivity contribution in [3.8, 4) is 0 Å². The number of nitrogens with zero attached hydrogens (tertiary/aromatic N) is 4. The molecule has 1 N–H and O–H groups in total. The smallest absolute Gasteiger partial charge is 0.0847 e. The molecule has 0 spiro atoms. The van der Waals surface area contributed by atoms with E-state index in [9.17, 15) is 0 Å². The maximum Gasteiger partial charge on any atom is 0.0847 e. The molecule has 0 saturated heterocycles. The van der Waals surface area contributed by atoms with Crippen molar-refractivity contribution in [2.75, 3.05) is 7.05 Å². The lowest BCUT2D eigenvalue weighted by atomic mass is 10.0. The summed E-state index contributed by atoms with van der Waals surface area (Å²) in [6.45, 7) is 9.12. The fourth-order valence-corrected chi connectivity index (χ4v) is 3.56. The van der Waals surface area contributed by atoms with Crippen molar-refractivity contribution in [3.63, 3.8) is 0 Å². The number of hydrogen-bond acceptors (Lipinski definition) is 5.